The smallest absolute Gasteiger partial charge is 0.0489 e. The number of nitrogens with one attached hydrogen (secondary N) is 1. The first-order chi connectivity index (χ1) is 7.29. The molecule has 0 aliphatic heterocycles. The molecule has 1 N–H and O–H groups in total. The molecule has 0 atom stereocenters. The lowest BCUT2D eigenvalue weighted by atomic mass is 10.3. The van der Waals surface area contributed by atoms with Crippen molar-refractivity contribution < 1.29 is 0 Å². The molecule has 0 unspecified atom stereocenters. The van der Waals surface area contributed by atoms with Gasteiger partial charge in [0.1, 0.15) is 0 Å². The van der Waals surface area contributed by atoms with Gasteiger partial charge in [0.05, 0.1) is 0 Å². The topological polar surface area (TPSA) is 41.6 Å². The number of aromatic amines is 1. The maximum absolute atomic E-state index is 3.88. The van der Waals surface area contributed by atoms with Crippen LogP contribution in [0.4, 0.5) is 0 Å². The fourth-order valence-electron chi connectivity index (χ4n) is 0.774. The van der Waals surface area contributed by atoms with Crippen LogP contribution in [0.25, 0.3) is 0 Å². The second kappa shape index (κ2) is 8.94. The van der Waals surface area contributed by atoms with Crippen molar-refractivity contribution in [2.24, 2.45) is 0 Å². The van der Waals surface area contributed by atoms with Crippen LogP contribution in [0, 0.1) is 13.8 Å². The Morgan fingerprint density at radius 1 is 1.07 bits per heavy atom. The Labute approximate surface area is 91.6 Å². The number of hydrogen-bond acceptors (Lipinski definition) is 2. The quantitative estimate of drug-likeness (QED) is 0.718. The lowest BCUT2D eigenvalue weighted by Crippen LogP contribution is -1.69. The molecule has 3 nitrogen and oxygen atoms in total. The second-order valence-corrected chi connectivity index (χ2v) is 2.77. The summed E-state index contributed by atoms with van der Waals surface area (Å²) in [5, 5.41) is 6.45. The molecule has 0 radical (unpaired) electrons. The van der Waals surface area contributed by atoms with Crippen LogP contribution in [-0.2, 0) is 0 Å². The minimum atomic E-state index is 1.11. The van der Waals surface area contributed by atoms with Gasteiger partial charge in [0.15, 0.2) is 0 Å². The van der Waals surface area contributed by atoms with Crippen LogP contribution in [0.1, 0.15) is 25.1 Å². The standard InChI is InChI=1S/C6H7N.C4H6N2.C2H6/c1-6-3-2-4-7-5-6;1-4-2-3-5-6-4;1-2/h2-5H,1H3;2-3H,1H3,(H,5,6);1-2H3. The Morgan fingerprint density at radius 3 is 2.00 bits per heavy atom. The third kappa shape index (κ3) is 7.43. The SMILES string of the molecule is CC.Cc1cccnc1.Cc1ccn[nH]1. The Kier molecular flexibility index (Phi) is 7.96. The van der Waals surface area contributed by atoms with Crippen LogP contribution < -0.4 is 0 Å². The van der Waals surface area contributed by atoms with Crippen LogP contribution in [0.3, 0.4) is 0 Å². The summed E-state index contributed by atoms with van der Waals surface area (Å²) in [6.45, 7) is 7.99. The largest absolute Gasteiger partial charge is 0.283 e. The molecule has 0 aliphatic carbocycles. The van der Waals surface area contributed by atoms with Gasteiger partial charge in [-0.25, -0.2) is 0 Å². The van der Waals surface area contributed by atoms with Crippen LogP contribution >= 0.6 is 0 Å². The molecule has 0 saturated heterocycles. The maximum Gasteiger partial charge on any atom is 0.0489 e. The first-order valence-electron chi connectivity index (χ1n) is 5.11. The summed E-state index contributed by atoms with van der Waals surface area (Å²) in [5.74, 6) is 0. The van der Waals surface area contributed by atoms with E-state index in [-0.39, 0.29) is 0 Å². The van der Waals surface area contributed by atoms with Gasteiger partial charge in [0, 0.05) is 24.3 Å². The number of pyridine rings is 1. The highest BCUT2D eigenvalue weighted by Crippen LogP contribution is 1.88. The van der Waals surface area contributed by atoms with E-state index in [2.05, 4.69) is 15.2 Å². The van der Waals surface area contributed by atoms with Gasteiger partial charge in [-0.2, -0.15) is 5.10 Å². The summed E-state index contributed by atoms with van der Waals surface area (Å²) in [5.41, 5.74) is 2.32. The molecule has 0 amide bonds. The van der Waals surface area contributed by atoms with E-state index in [4.69, 9.17) is 0 Å². The Morgan fingerprint density at radius 2 is 1.80 bits per heavy atom. The summed E-state index contributed by atoms with van der Waals surface area (Å²) in [4.78, 5) is 3.88. The zero-order valence-corrected chi connectivity index (χ0v) is 9.86. The molecular weight excluding hydrogens is 186 g/mol. The predicted molar refractivity (Wildman–Crippen MR) is 63.6 cm³/mol. The molecule has 0 bridgehead atoms. The van der Waals surface area contributed by atoms with E-state index in [9.17, 15) is 0 Å². The Bertz CT molecular complexity index is 314. The highest BCUT2D eigenvalue weighted by atomic mass is 15.1. The molecular formula is C12H19N3. The van der Waals surface area contributed by atoms with Crippen LogP contribution in [0.15, 0.2) is 36.8 Å². The van der Waals surface area contributed by atoms with Crippen molar-refractivity contribution in [2.45, 2.75) is 27.7 Å². The molecule has 0 saturated carbocycles. The van der Waals surface area contributed by atoms with Crippen LogP contribution in [0.2, 0.25) is 0 Å². The molecule has 15 heavy (non-hydrogen) atoms. The third-order valence-electron chi connectivity index (χ3n) is 1.45. The molecule has 2 aromatic rings. The minimum absolute atomic E-state index is 1.11. The third-order valence-corrected chi connectivity index (χ3v) is 1.45. The number of rotatable bonds is 0. The number of aryl methyl sites for hydroxylation is 2. The second-order valence-electron chi connectivity index (χ2n) is 2.77. The molecule has 2 rings (SSSR count). The first-order valence-corrected chi connectivity index (χ1v) is 5.11. The number of H-pyrrole nitrogens is 1. The van der Waals surface area contributed by atoms with E-state index in [0.29, 0.717) is 0 Å². The zero-order chi connectivity index (χ0) is 11.5. The van der Waals surface area contributed by atoms with E-state index in [1.807, 2.05) is 52.1 Å². The number of hydrogen-bond donors (Lipinski definition) is 1. The lowest BCUT2D eigenvalue weighted by Gasteiger charge is -1.82. The van der Waals surface area contributed by atoms with Crippen molar-refractivity contribution in [2.75, 3.05) is 0 Å². The van der Waals surface area contributed by atoms with Crippen molar-refractivity contribution in [1.29, 1.82) is 0 Å². The zero-order valence-electron chi connectivity index (χ0n) is 9.86. The van der Waals surface area contributed by atoms with Crippen LogP contribution in [0.5, 0.6) is 0 Å². The highest BCUT2D eigenvalue weighted by Gasteiger charge is 1.74. The van der Waals surface area contributed by atoms with Gasteiger partial charge < -0.3 is 0 Å². The van der Waals surface area contributed by atoms with E-state index in [0.717, 1.165) is 5.69 Å². The fraction of sp³-hybridized carbons (Fsp3) is 0.333. The van der Waals surface area contributed by atoms with Crippen molar-refractivity contribution >= 4 is 0 Å². The summed E-state index contributed by atoms with van der Waals surface area (Å²) >= 11 is 0. The Balaban J connectivity index is 0.000000227. The van der Waals surface area contributed by atoms with Gasteiger partial charge in [-0.05, 0) is 31.5 Å². The molecule has 2 heterocycles. The molecule has 0 fully saturated rings. The maximum atomic E-state index is 3.88. The molecule has 0 aliphatic rings. The highest BCUT2D eigenvalue weighted by molar-refractivity contribution is 5.04. The summed E-state index contributed by atoms with van der Waals surface area (Å²) in [6.07, 6.45) is 5.34. The summed E-state index contributed by atoms with van der Waals surface area (Å²) in [7, 11) is 0. The van der Waals surface area contributed by atoms with Crippen LogP contribution in [-0.4, -0.2) is 15.2 Å². The summed E-state index contributed by atoms with van der Waals surface area (Å²) in [6, 6.07) is 5.86. The molecule has 0 aromatic carbocycles. The van der Waals surface area contributed by atoms with Crippen molar-refractivity contribution in [1.82, 2.24) is 15.2 Å². The van der Waals surface area contributed by atoms with Gasteiger partial charge in [0.25, 0.3) is 0 Å². The number of nitrogens with zero attached hydrogens (tertiary/aromatic N) is 2. The van der Waals surface area contributed by atoms with Gasteiger partial charge in [-0.3, -0.25) is 10.1 Å². The molecule has 2 aromatic heterocycles. The van der Waals surface area contributed by atoms with Crippen molar-refractivity contribution in [3.8, 4) is 0 Å². The lowest BCUT2D eigenvalue weighted by molar-refractivity contribution is 1.05. The molecule has 3 heteroatoms. The van der Waals surface area contributed by atoms with Crippen molar-refractivity contribution in [3.05, 3.63) is 48.0 Å². The average molecular weight is 205 g/mol. The Hall–Kier alpha value is -1.64. The molecule has 0 spiro atoms. The van der Waals surface area contributed by atoms with E-state index >= 15 is 0 Å². The van der Waals surface area contributed by atoms with Gasteiger partial charge in [-0.15, -0.1) is 0 Å². The minimum Gasteiger partial charge on any atom is -0.283 e. The summed E-state index contributed by atoms with van der Waals surface area (Å²) < 4.78 is 0. The van der Waals surface area contributed by atoms with Gasteiger partial charge >= 0.3 is 0 Å². The normalized spacial score (nSPS) is 8.00. The number of aromatic nitrogens is 3. The van der Waals surface area contributed by atoms with E-state index in [1.165, 1.54) is 5.56 Å². The molecule has 82 valence electrons. The van der Waals surface area contributed by atoms with Gasteiger partial charge in [-0.1, -0.05) is 19.9 Å². The monoisotopic (exact) mass is 205 g/mol. The van der Waals surface area contributed by atoms with E-state index < -0.39 is 0 Å². The fourth-order valence-corrected chi connectivity index (χ4v) is 0.774. The van der Waals surface area contributed by atoms with Crippen molar-refractivity contribution in [3.63, 3.8) is 0 Å². The predicted octanol–water partition coefficient (Wildman–Crippen LogP) is 3.13. The average Bonchev–Trinajstić information content (AvgIpc) is 2.74. The van der Waals surface area contributed by atoms with E-state index in [1.54, 1.807) is 12.4 Å². The van der Waals surface area contributed by atoms with Gasteiger partial charge in [0.2, 0.25) is 0 Å². The first kappa shape index (κ1) is 13.4.